The first-order valence-electron chi connectivity index (χ1n) is 4.48. The van der Waals surface area contributed by atoms with Crippen molar-refractivity contribution in [3.05, 3.63) is 28.4 Å². The van der Waals surface area contributed by atoms with Gasteiger partial charge in [0, 0.05) is 22.7 Å². The van der Waals surface area contributed by atoms with Gasteiger partial charge in [0.15, 0.2) is 6.29 Å². The van der Waals surface area contributed by atoms with Crippen LogP contribution in [-0.4, -0.2) is 18.4 Å². The molecule has 2 aromatic rings. The van der Waals surface area contributed by atoms with Crippen molar-refractivity contribution in [1.29, 1.82) is 0 Å². The third kappa shape index (κ3) is 1.49. The molecular weight excluding hydrogens is 214 g/mol. The molecule has 0 atom stereocenters. The van der Waals surface area contributed by atoms with E-state index in [4.69, 9.17) is 16.3 Å². The van der Waals surface area contributed by atoms with Crippen molar-refractivity contribution in [3.8, 4) is 5.75 Å². The van der Waals surface area contributed by atoms with Crippen molar-refractivity contribution < 1.29 is 9.53 Å². The van der Waals surface area contributed by atoms with Crippen LogP contribution in [0.1, 0.15) is 16.1 Å². The van der Waals surface area contributed by atoms with Crippen LogP contribution in [0.15, 0.2) is 12.1 Å². The molecule has 1 aromatic carbocycles. The molecule has 0 radical (unpaired) electrons. The normalized spacial score (nSPS) is 10.6. The Kier molecular flexibility index (Phi) is 2.40. The Morgan fingerprint density at radius 1 is 1.47 bits per heavy atom. The van der Waals surface area contributed by atoms with Gasteiger partial charge in [-0.15, -0.1) is 0 Å². The van der Waals surface area contributed by atoms with E-state index in [0.717, 1.165) is 22.9 Å². The fourth-order valence-electron chi connectivity index (χ4n) is 1.65. The van der Waals surface area contributed by atoms with Crippen LogP contribution in [0.2, 0.25) is 5.02 Å². The van der Waals surface area contributed by atoms with Gasteiger partial charge < -0.3 is 9.72 Å². The number of rotatable bonds is 2. The predicted octanol–water partition coefficient (Wildman–Crippen LogP) is 2.95. The first-order chi connectivity index (χ1) is 7.17. The molecule has 1 heterocycles. The molecule has 4 heteroatoms. The van der Waals surface area contributed by atoms with Gasteiger partial charge in [-0.05, 0) is 13.0 Å². The van der Waals surface area contributed by atoms with Crippen LogP contribution < -0.4 is 4.74 Å². The van der Waals surface area contributed by atoms with Gasteiger partial charge in [0.1, 0.15) is 5.75 Å². The molecule has 3 nitrogen and oxygen atoms in total. The van der Waals surface area contributed by atoms with Crippen molar-refractivity contribution in [2.24, 2.45) is 0 Å². The zero-order valence-corrected chi connectivity index (χ0v) is 9.18. The van der Waals surface area contributed by atoms with E-state index < -0.39 is 0 Å². The van der Waals surface area contributed by atoms with Gasteiger partial charge in [-0.3, -0.25) is 4.79 Å². The van der Waals surface area contributed by atoms with Crippen LogP contribution in [0.25, 0.3) is 10.9 Å². The fourth-order valence-corrected chi connectivity index (χ4v) is 1.90. The minimum Gasteiger partial charge on any atom is -0.497 e. The molecule has 0 fully saturated rings. The standard InChI is InChI=1S/C11H10ClNO2/c1-6-9(5-14)8-3-7(15-2)4-10(12)11(8)13-6/h3-5,13H,1-2H3. The number of benzene rings is 1. The lowest BCUT2D eigenvalue weighted by Gasteiger charge is -2.01. The third-order valence-corrected chi connectivity index (χ3v) is 2.72. The first kappa shape index (κ1) is 10.1. The van der Waals surface area contributed by atoms with Crippen molar-refractivity contribution in [1.82, 2.24) is 4.98 Å². The molecule has 0 aliphatic carbocycles. The van der Waals surface area contributed by atoms with Gasteiger partial charge in [0.05, 0.1) is 17.6 Å². The van der Waals surface area contributed by atoms with Gasteiger partial charge in [-0.1, -0.05) is 11.6 Å². The average Bonchev–Trinajstić information content (AvgIpc) is 2.54. The number of nitrogens with one attached hydrogen (secondary N) is 1. The molecular formula is C11H10ClNO2. The number of hydrogen-bond acceptors (Lipinski definition) is 2. The van der Waals surface area contributed by atoms with Crippen LogP contribution in [-0.2, 0) is 0 Å². The van der Waals surface area contributed by atoms with Crippen LogP contribution in [0, 0.1) is 6.92 Å². The summed E-state index contributed by atoms with van der Waals surface area (Å²) in [4.78, 5) is 14.0. The molecule has 78 valence electrons. The number of carbonyl (C=O) groups excluding carboxylic acids is 1. The monoisotopic (exact) mass is 223 g/mol. The number of H-pyrrole nitrogens is 1. The fraction of sp³-hybridized carbons (Fsp3) is 0.182. The van der Waals surface area contributed by atoms with E-state index in [1.807, 2.05) is 6.92 Å². The molecule has 0 aliphatic rings. The molecule has 0 spiro atoms. The summed E-state index contributed by atoms with van der Waals surface area (Å²) in [6.45, 7) is 1.84. The maximum Gasteiger partial charge on any atom is 0.152 e. The van der Waals surface area contributed by atoms with Gasteiger partial charge in [-0.2, -0.15) is 0 Å². The van der Waals surface area contributed by atoms with Crippen LogP contribution >= 0.6 is 11.6 Å². The molecule has 0 aliphatic heterocycles. The van der Waals surface area contributed by atoms with Crippen molar-refractivity contribution in [2.75, 3.05) is 7.11 Å². The molecule has 0 saturated heterocycles. The lowest BCUT2D eigenvalue weighted by Crippen LogP contribution is -1.84. The van der Waals surface area contributed by atoms with Crippen LogP contribution in [0.4, 0.5) is 0 Å². The second-order valence-electron chi connectivity index (χ2n) is 3.31. The summed E-state index contributed by atoms with van der Waals surface area (Å²) < 4.78 is 5.10. The van der Waals surface area contributed by atoms with Gasteiger partial charge >= 0.3 is 0 Å². The Labute approximate surface area is 92.0 Å². The first-order valence-corrected chi connectivity index (χ1v) is 4.86. The second-order valence-corrected chi connectivity index (χ2v) is 3.72. The van der Waals surface area contributed by atoms with Crippen molar-refractivity contribution in [3.63, 3.8) is 0 Å². The summed E-state index contributed by atoms with van der Waals surface area (Å²) in [6.07, 6.45) is 0.823. The molecule has 1 N–H and O–H groups in total. The van der Waals surface area contributed by atoms with Gasteiger partial charge in [-0.25, -0.2) is 0 Å². The Hall–Kier alpha value is -1.48. The zero-order chi connectivity index (χ0) is 11.0. The summed E-state index contributed by atoms with van der Waals surface area (Å²) in [5, 5.41) is 1.35. The summed E-state index contributed by atoms with van der Waals surface area (Å²) in [5.74, 6) is 0.648. The number of ether oxygens (including phenoxy) is 1. The van der Waals surface area contributed by atoms with Crippen molar-refractivity contribution >= 4 is 28.8 Å². The summed E-state index contributed by atoms with van der Waals surface area (Å²) >= 11 is 6.06. The highest BCUT2D eigenvalue weighted by atomic mass is 35.5. The number of aromatic amines is 1. The molecule has 0 amide bonds. The van der Waals surface area contributed by atoms with Crippen LogP contribution in [0.5, 0.6) is 5.75 Å². The Morgan fingerprint density at radius 2 is 2.20 bits per heavy atom. The van der Waals surface area contributed by atoms with E-state index in [0.29, 0.717) is 16.3 Å². The Morgan fingerprint density at radius 3 is 2.80 bits per heavy atom. The smallest absolute Gasteiger partial charge is 0.152 e. The number of aryl methyl sites for hydroxylation is 1. The lowest BCUT2D eigenvalue weighted by molar-refractivity contribution is 0.112. The molecule has 0 saturated carbocycles. The lowest BCUT2D eigenvalue weighted by atomic mass is 10.1. The molecule has 15 heavy (non-hydrogen) atoms. The van der Waals surface area contributed by atoms with Crippen molar-refractivity contribution in [2.45, 2.75) is 6.92 Å². The number of aldehydes is 1. The van der Waals surface area contributed by atoms with Gasteiger partial charge in [0.2, 0.25) is 0 Å². The maximum absolute atomic E-state index is 10.9. The Balaban J connectivity index is 2.86. The van der Waals surface area contributed by atoms with E-state index >= 15 is 0 Å². The number of carbonyl (C=O) groups is 1. The Bertz CT molecular complexity index is 531. The SMILES string of the molecule is COc1cc(Cl)c2[nH]c(C)c(C=O)c2c1. The van der Waals surface area contributed by atoms with Gasteiger partial charge in [0.25, 0.3) is 0 Å². The van der Waals surface area contributed by atoms with E-state index in [1.54, 1.807) is 19.2 Å². The highest BCUT2D eigenvalue weighted by Gasteiger charge is 2.11. The number of methoxy groups -OCH3 is 1. The molecule has 2 rings (SSSR count). The number of fused-ring (bicyclic) bond motifs is 1. The summed E-state index contributed by atoms with van der Waals surface area (Å²) in [5.41, 5.74) is 2.22. The van der Waals surface area contributed by atoms with E-state index in [1.165, 1.54) is 0 Å². The largest absolute Gasteiger partial charge is 0.497 e. The molecule has 1 aromatic heterocycles. The van der Waals surface area contributed by atoms with E-state index in [9.17, 15) is 4.79 Å². The highest BCUT2D eigenvalue weighted by Crippen LogP contribution is 2.31. The third-order valence-electron chi connectivity index (χ3n) is 2.42. The number of hydrogen-bond donors (Lipinski definition) is 1. The summed E-state index contributed by atoms with van der Waals surface area (Å²) in [6, 6.07) is 3.52. The maximum atomic E-state index is 10.9. The summed E-state index contributed by atoms with van der Waals surface area (Å²) in [7, 11) is 1.57. The van der Waals surface area contributed by atoms with Crippen LogP contribution in [0.3, 0.4) is 0 Å². The predicted molar refractivity (Wildman–Crippen MR) is 60.0 cm³/mol. The minimum atomic E-state index is 0.556. The second kappa shape index (κ2) is 3.59. The quantitative estimate of drug-likeness (QED) is 0.796. The van der Waals surface area contributed by atoms with E-state index in [2.05, 4.69) is 4.98 Å². The van der Waals surface area contributed by atoms with E-state index in [-0.39, 0.29) is 0 Å². The topological polar surface area (TPSA) is 42.1 Å². The molecule has 0 bridgehead atoms. The molecule has 0 unspecified atom stereocenters. The average molecular weight is 224 g/mol. The highest BCUT2D eigenvalue weighted by molar-refractivity contribution is 6.35. The minimum absolute atomic E-state index is 0.556. The number of halogens is 1. The zero-order valence-electron chi connectivity index (χ0n) is 8.43. The number of aromatic nitrogens is 1.